The average Bonchev–Trinajstić information content (AvgIpc) is 2.35. The molecule has 1 aromatic rings. The summed E-state index contributed by atoms with van der Waals surface area (Å²) in [6.45, 7) is 1.82. The van der Waals surface area contributed by atoms with Crippen LogP contribution in [0.1, 0.15) is 18.9 Å². The highest BCUT2D eigenvalue weighted by atomic mass is 16.3. The number of likely N-dealkylation sites (N-methyl/N-ethyl adjacent to an activating group) is 1. The molecule has 1 rings (SSSR count). The normalized spacial score (nSPS) is 12.2. The van der Waals surface area contributed by atoms with Crippen LogP contribution in [0, 0.1) is 0 Å². The van der Waals surface area contributed by atoms with Gasteiger partial charge >= 0.3 is 0 Å². The van der Waals surface area contributed by atoms with Gasteiger partial charge in [-0.3, -0.25) is 9.78 Å². The van der Waals surface area contributed by atoms with Crippen molar-refractivity contribution in [2.24, 2.45) is 0 Å². The molecule has 88 valence electrons. The fourth-order valence-corrected chi connectivity index (χ4v) is 1.35. The topological polar surface area (TPSA) is 53.4 Å². The standard InChI is InChI=1S/C12H18N2O2/c1-10(9-15)14(2)12(16)4-3-11-5-7-13-8-6-11/h5-8,10,15H,3-4,9H2,1-2H3. The van der Waals surface area contributed by atoms with Gasteiger partial charge in [-0.1, -0.05) is 0 Å². The summed E-state index contributed by atoms with van der Waals surface area (Å²) in [5.41, 5.74) is 1.11. The van der Waals surface area contributed by atoms with E-state index in [4.69, 9.17) is 5.11 Å². The van der Waals surface area contributed by atoms with Gasteiger partial charge in [-0.15, -0.1) is 0 Å². The summed E-state index contributed by atoms with van der Waals surface area (Å²) < 4.78 is 0. The Morgan fingerprint density at radius 3 is 2.69 bits per heavy atom. The number of amides is 1. The second kappa shape index (κ2) is 6.23. The minimum Gasteiger partial charge on any atom is -0.394 e. The molecule has 0 aliphatic rings. The van der Waals surface area contributed by atoms with Crippen molar-refractivity contribution in [2.45, 2.75) is 25.8 Å². The Labute approximate surface area is 95.9 Å². The summed E-state index contributed by atoms with van der Waals surface area (Å²) in [6, 6.07) is 3.69. The summed E-state index contributed by atoms with van der Waals surface area (Å²) in [6.07, 6.45) is 4.62. The number of carbonyl (C=O) groups excluding carboxylic acids is 1. The van der Waals surface area contributed by atoms with Gasteiger partial charge in [0, 0.05) is 25.9 Å². The van der Waals surface area contributed by atoms with Crippen molar-refractivity contribution in [3.05, 3.63) is 30.1 Å². The first kappa shape index (κ1) is 12.6. The van der Waals surface area contributed by atoms with E-state index in [1.165, 1.54) is 0 Å². The number of aliphatic hydroxyl groups is 1. The Morgan fingerprint density at radius 1 is 1.50 bits per heavy atom. The maximum Gasteiger partial charge on any atom is 0.222 e. The molecule has 4 nitrogen and oxygen atoms in total. The van der Waals surface area contributed by atoms with Gasteiger partial charge in [0.05, 0.1) is 12.6 Å². The number of pyridine rings is 1. The number of hydrogen-bond acceptors (Lipinski definition) is 3. The Kier molecular flexibility index (Phi) is 4.92. The van der Waals surface area contributed by atoms with Gasteiger partial charge in [-0.25, -0.2) is 0 Å². The summed E-state index contributed by atoms with van der Waals surface area (Å²) in [5, 5.41) is 8.94. The number of rotatable bonds is 5. The Balaban J connectivity index is 2.41. The van der Waals surface area contributed by atoms with E-state index < -0.39 is 0 Å². The Morgan fingerprint density at radius 2 is 2.12 bits per heavy atom. The third-order valence-corrected chi connectivity index (χ3v) is 2.70. The smallest absolute Gasteiger partial charge is 0.222 e. The van der Waals surface area contributed by atoms with Crippen LogP contribution in [-0.2, 0) is 11.2 Å². The Hall–Kier alpha value is -1.42. The molecule has 0 spiro atoms. The third kappa shape index (κ3) is 3.62. The number of carbonyl (C=O) groups is 1. The van der Waals surface area contributed by atoms with E-state index in [2.05, 4.69) is 4.98 Å². The zero-order chi connectivity index (χ0) is 12.0. The van der Waals surface area contributed by atoms with E-state index in [9.17, 15) is 4.79 Å². The van der Waals surface area contributed by atoms with Crippen LogP contribution >= 0.6 is 0 Å². The summed E-state index contributed by atoms with van der Waals surface area (Å²) >= 11 is 0. The van der Waals surface area contributed by atoms with Crippen molar-refractivity contribution in [1.82, 2.24) is 9.88 Å². The number of nitrogens with zero attached hydrogens (tertiary/aromatic N) is 2. The second-order valence-electron chi connectivity index (χ2n) is 3.89. The van der Waals surface area contributed by atoms with Crippen LogP contribution in [0.4, 0.5) is 0 Å². The molecule has 1 N–H and O–H groups in total. The molecular weight excluding hydrogens is 204 g/mol. The molecule has 0 aromatic carbocycles. The van der Waals surface area contributed by atoms with Crippen molar-refractivity contribution in [1.29, 1.82) is 0 Å². The van der Waals surface area contributed by atoms with Crippen molar-refractivity contribution in [2.75, 3.05) is 13.7 Å². The van der Waals surface area contributed by atoms with Gasteiger partial charge in [-0.05, 0) is 31.0 Å². The lowest BCUT2D eigenvalue weighted by atomic mass is 10.1. The van der Waals surface area contributed by atoms with E-state index in [1.807, 2.05) is 19.1 Å². The monoisotopic (exact) mass is 222 g/mol. The van der Waals surface area contributed by atoms with Crippen molar-refractivity contribution in [3.63, 3.8) is 0 Å². The van der Waals surface area contributed by atoms with Crippen LogP contribution < -0.4 is 0 Å². The third-order valence-electron chi connectivity index (χ3n) is 2.70. The molecule has 1 heterocycles. The fraction of sp³-hybridized carbons (Fsp3) is 0.500. The molecule has 0 saturated carbocycles. The minimum absolute atomic E-state index is 0.00248. The molecule has 4 heteroatoms. The molecular formula is C12H18N2O2. The molecule has 1 atom stereocenters. The number of aliphatic hydroxyl groups excluding tert-OH is 1. The van der Waals surface area contributed by atoms with E-state index in [1.54, 1.807) is 24.3 Å². The number of hydrogen-bond donors (Lipinski definition) is 1. The quantitative estimate of drug-likeness (QED) is 0.803. The minimum atomic E-state index is -0.120. The lowest BCUT2D eigenvalue weighted by Gasteiger charge is -2.23. The van der Waals surface area contributed by atoms with Gasteiger partial charge in [0.1, 0.15) is 0 Å². The lowest BCUT2D eigenvalue weighted by Crippen LogP contribution is -2.37. The molecule has 16 heavy (non-hydrogen) atoms. The lowest BCUT2D eigenvalue weighted by molar-refractivity contribution is -0.132. The number of aromatic nitrogens is 1. The van der Waals surface area contributed by atoms with Crippen LogP contribution in [0.25, 0.3) is 0 Å². The SMILES string of the molecule is CC(CO)N(C)C(=O)CCc1ccncc1. The molecule has 1 amide bonds. The highest BCUT2D eigenvalue weighted by Gasteiger charge is 2.14. The molecule has 0 radical (unpaired) electrons. The van der Waals surface area contributed by atoms with E-state index in [-0.39, 0.29) is 18.6 Å². The first-order valence-electron chi connectivity index (χ1n) is 5.40. The first-order chi connectivity index (χ1) is 7.65. The average molecular weight is 222 g/mol. The van der Waals surface area contributed by atoms with E-state index in [0.717, 1.165) is 5.56 Å². The van der Waals surface area contributed by atoms with Crippen LogP contribution in [0.15, 0.2) is 24.5 Å². The molecule has 0 fully saturated rings. The van der Waals surface area contributed by atoms with Crippen LogP contribution in [-0.4, -0.2) is 40.6 Å². The molecule has 0 saturated heterocycles. The van der Waals surface area contributed by atoms with Crippen molar-refractivity contribution in [3.8, 4) is 0 Å². The molecule has 0 aliphatic carbocycles. The summed E-state index contributed by atoms with van der Waals surface area (Å²) in [4.78, 5) is 17.2. The van der Waals surface area contributed by atoms with Gasteiger partial charge in [0.25, 0.3) is 0 Å². The van der Waals surface area contributed by atoms with Gasteiger partial charge < -0.3 is 10.0 Å². The maximum absolute atomic E-state index is 11.7. The summed E-state index contributed by atoms with van der Waals surface area (Å²) in [7, 11) is 1.72. The fourth-order valence-electron chi connectivity index (χ4n) is 1.35. The molecule has 1 aromatic heterocycles. The van der Waals surface area contributed by atoms with Gasteiger partial charge in [-0.2, -0.15) is 0 Å². The zero-order valence-electron chi connectivity index (χ0n) is 9.76. The van der Waals surface area contributed by atoms with Gasteiger partial charge in [0.15, 0.2) is 0 Å². The maximum atomic E-state index is 11.7. The highest BCUT2D eigenvalue weighted by molar-refractivity contribution is 5.76. The van der Waals surface area contributed by atoms with Crippen molar-refractivity contribution < 1.29 is 9.90 Å². The molecule has 0 bridgehead atoms. The summed E-state index contributed by atoms with van der Waals surface area (Å²) in [5.74, 6) is 0.0540. The van der Waals surface area contributed by atoms with Crippen LogP contribution in [0.5, 0.6) is 0 Å². The van der Waals surface area contributed by atoms with E-state index in [0.29, 0.717) is 12.8 Å². The second-order valence-corrected chi connectivity index (χ2v) is 3.89. The largest absolute Gasteiger partial charge is 0.394 e. The van der Waals surface area contributed by atoms with E-state index >= 15 is 0 Å². The zero-order valence-corrected chi connectivity index (χ0v) is 9.76. The Bertz CT molecular complexity index is 327. The first-order valence-corrected chi connectivity index (χ1v) is 5.40. The molecule has 1 unspecified atom stereocenters. The highest BCUT2D eigenvalue weighted by Crippen LogP contribution is 2.04. The van der Waals surface area contributed by atoms with Crippen LogP contribution in [0.3, 0.4) is 0 Å². The predicted molar refractivity (Wildman–Crippen MR) is 61.9 cm³/mol. The van der Waals surface area contributed by atoms with Gasteiger partial charge in [0.2, 0.25) is 5.91 Å². The van der Waals surface area contributed by atoms with Crippen molar-refractivity contribution >= 4 is 5.91 Å². The number of aryl methyl sites for hydroxylation is 1. The molecule has 0 aliphatic heterocycles. The van der Waals surface area contributed by atoms with Crippen LogP contribution in [0.2, 0.25) is 0 Å². The predicted octanol–water partition coefficient (Wildman–Crippen LogP) is 0.853.